The zero-order valence-corrected chi connectivity index (χ0v) is 23.9. The van der Waals surface area contributed by atoms with Crippen molar-refractivity contribution in [3.05, 3.63) is 0 Å². The van der Waals surface area contributed by atoms with E-state index in [0.29, 0.717) is 52.9 Å². The Morgan fingerprint density at radius 1 is 0.314 bits per heavy atom. The van der Waals surface area contributed by atoms with Crippen molar-refractivity contribution >= 4 is 0 Å². The summed E-state index contributed by atoms with van der Waals surface area (Å²) in [5.41, 5.74) is 0. The molecule has 0 spiro atoms. The highest BCUT2D eigenvalue weighted by Crippen LogP contribution is 2.05. The molecule has 0 aromatic heterocycles. The summed E-state index contributed by atoms with van der Waals surface area (Å²) in [5, 5.41) is 0. The van der Waals surface area contributed by atoms with E-state index in [-0.39, 0.29) is 48.8 Å². The summed E-state index contributed by atoms with van der Waals surface area (Å²) in [5.74, 6) is 0. The van der Waals surface area contributed by atoms with E-state index in [1.807, 2.05) is 55.4 Å². The Balaban J connectivity index is 3.83. The lowest BCUT2D eigenvalue weighted by atomic mass is 10.3. The molecule has 0 aliphatic rings. The Bertz CT molecular complexity index is 468. The number of rotatable bonds is 24. The van der Waals surface area contributed by atoms with Crippen LogP contribution in [0.15, 0.2) is 0 Å². The van der Waals surface area contributed by atoms with Crippen molar-refractivity contribution in [1.29, 1.82) is 0 Å². The van der Waals surface area contributed by atoms with E-state index < -0.39 is 0 Å². The molecule has 0 aromatic carbocycles. The van der Waals surface area contributed by atoms with Crippen molar-refractivity contribution in [3.8, 4) is 0 Å². The van der Waals surface area contributed by atoms with Gasteiger partial charge in [-0.15, -0.1) is 0 Å². The van der Waals surface area contributed by atoms with Crippen LogP contribution < -0.4 is 0 Å². The lowest BCUT2D eigenvalue weighted by Crippen LogP contribution is -2.30. The normalized spacial score (nSPS) is 19.0. The maximum Gasteiger partial charge on any atom is 0.0781 e. The smallest absolute Gasteiger partial charge is 0.0781 e. The molecular formula is C26H54O9. The van der Waals surface area contributed by atoms with E-state index in [1.165, 1.54) is 0 Å². The average molecular weight is 511 g/mol. The fourth-order valence-electron chi connectivity index (χ4n) is 2.74. The van der Waals surface area contributed by atoms with Crippen molar-refractivity contribution < 1.29 is 42.6 Å². The van der Waals surface area contributed by atoms with Crippen LogP contribution in [-0.4, -0.2) is 116 Å². The van der Waals surface area contributed by atoms with E-state index in [4.69, 9.17) is 42.6 Å². The number of hydrogen-bond donors (Lipinski definition) is 0. The Kier molecular flexibility index (Phi) is 21.5. The van der Waals surface area contributed by atoms with E-state index in [1.54, 1.807) is 14.2 Å². The van der Waals surface area contributed by atoms with Gasteiger partial charge in [-0.2, -0.15) is 0 Å². The van der Waals surface area contributed by atoms with Gasteiger partial charge >= 0.3 is 0 Å². The third kappa shape index (κ3) is 21.4. The summed E-state index contributed by atoms with van der Waals surface area (Å²) in [6.45, 7) is 20.0. The van der Waals surface area contributed by atoms with Crippen LogP contribution >= 0.6 is 0 Å². The molecule has 8 unspecified atom stereocenters. The van der Waals surface area contributed by atoms with E-state index in [9.17, 15) is 0 Å². The molecule has 0 amide bonds. The van der Waals surface area contributed by atoms with E-state index in [0.717, 1.165) is 0 Å². The van der Waals surface area contributed by atoms with Crippen molar-refractivity contribution in [2.45, 2.75) is 104 Å². The average Bonchev–Trinajstić information content (AvgIpc) is 2.84. The summed E-state index contributed by atoms with van der Waals surface area (Å²) < 4.78 is 50.8. The molecule has 0 aliphatic carbocycles. The Morgan fingerprint density at radius 3 is 0.714 bits per heavy atom. The second-order valence-electron chi connectivity index (χ2n) is 9.51. The molecule has 0 aliphatic heterocycles. The fraction of sp³-hybridized carbons (Fsp3) is 1.00. The van der Waals surface area contributed by atoms with E-state index in [2.05, 4.69) is 0 Å². The molecule has 0 bridgehead atoms. The monoisotopic (exact) mass is 510 g/mol. The highest BCUT2D eigenvalue weighted by Gasteiger charge is 2.14. The molecule has 212 valence electrons. The molecule has 8 atom stereocenters. The molecule has 35 heavy (non-hydrogen) atoms. The van der Waals surface area contributed by atoms with Gasteiger partial charge in [0.05, 0.1) is 102 Å². The van der Waals surface area contributed by atoms with Crippen LogP contribution in [0, 0.1) is 0 Å². The van der Waals surface area contributed by atoms with Gasteiger partial charge in [0.15, 0.2) is 0 Å². The van der Waals surface area contributed by atoms with Crippen LogP contribution in [0.4, 0.5) is 0 Å². The van der Waals surface area contributed by atoms with Crippen LogP contribution in [0.2, 0.25) is 0 Å². The Hall–Kier alpha value is -0.360. The van der Waals surface area contributed by atoms with Crippen LogP contribution in [0.25, 0.3) is 0 Å². The maximum atomic E-state index is 5.87. The van der Waals surface area contributed by atoms with Crippen molar-refractivity contribution in [2.75, 3.05) is 67.1 Å². The van der Waals surface area contributed by atoms with Crippen molar-refractivity contribution in [1.82, 2.24) is 0 Å². The van der Waals surface area contributed by atoms with Gasteiger partial charge in [-0.1, -0.05) is 0 Å². The van der Waals surface area contributed by atoms with Gasteiger partial charge in [-0.25, -0.2) is 0 Å². The molecule has 0 heterocycles. The topological polar surface area (TPSA) is 83.1 Å². The van der Waals surface area contributed by atoms with Crippen LogP contribution in [-0.2, 0) is 42.6 Å². The molecule has 0 N–H and O–H groups in total. The van der Waals surface area contributed by atoms with Crippen molar-refractivity contribution in [2.24, 2.45) is 0 Å². The number of hydrogen-bond acceptors (Lipinski definition) is 9. The summed E-state index contributed by atoms with van der Waals surface area (Å²) in [6, 6.07) is 0. The predicted molar refractivity (Wildman–Crippen MR) is 136 cm³/mol. The third-order valence-corrected chi connectivity index (χ3v) is 5.11. The molecule has 0 saturated carbocycles. The largest absolute Gasteiger partial charge is 0.382 e. The SMILES string of the molecule is COCC(C)OCC(C)OCC(C)OCC(C)OCC(C)OCC(C)OCC(C)OCC(C)OC. The molecule has 0 rings (SSSR count). The standard InChI is InChI=1S/C26H54O9/c1-19(28-10)12-29-21(3)14-31-23(5)16-33-25(7)18-35-26(8)17-34-24(6)15-32-22(4)13-30-20(2)11-27-9/h19-26H,11-18H2,1-10H3. The highest BCUT2D eigenvalue weighted by molar-refractivity contribution is 4.59. The highest BCUT2D eigenvalue weighted by atomic mass is 16.6. The molecule has 9 heteroatoms. The van der Waals surface area contributed by atoms with Gasteiger partial charge in [-0.05, 0) is 55.4 Å². The minimum atomic E-state index is -0.0414. The maximum absolute atomic E-state index is 5.87. The molecule has 0 aromatic rings. The lowest BCUT2D eigenvalue weighted by Gasteiger charge is -2.23. The quantitative estimate of drug-likeness (QED) is 0.194. The second-order valence-corrected chi connectivity index (χ2v) is 9.51. The van der Waals surface area contributed by atoms with Gasteiger partial charge in [0, 0.05) is 14.2 Å². The summed E-state index contributed by atoms with van der Waals surface area (Å²) in [7, 11) is 3.34. The van der Waals surface area contributed by atoms with Crippen LogP contribution in [0.5, 0.6) is 0 Å². The Labute approximate surface area is 214 Å². The summed E-state index contributed by atoms with van der Waals surface area (Å²) >= 11 is 0. The minimum Gasteiger partial charge on any atom is -0.382 e. The molecule has 9 nitrogen and oxygen atoms in total. The van der Waals surface area contributed by atoms with Gasteiger partial charge in [0.1, 0.15) is 0 Å². The summed E-state index contributed by atoms with van der Waals surface area (Å²) in [6.07, 6.45) is -0.0104. The van der Waals surface area contributed by atoms with Gasteiger partial charge in [-0.3, -0.25) is 0 Å². The third-order valence-electron chi connectivity index (χ3n) is 5.11. The van der Waals surface area contributed by atoms with Crippen LogP contribution in [0.1, 0.15) is 55.4 Å². The fourth-order valence-corrected chi connectivity index (χ4v) is 2.74. The first-order chi connectivity index (χ1) is 16.6. The first-order valence-electron chi connectivity index (χ1n) is 12.9. The number of ether oxygens (including phenoxy) is 9. The van der Waals surface area contributed by atoms with Gasteiger partial charge in [0.2, 0.25) is 0 Å². The summed E-state index contributed by atoms with van der Waals surface area (Å²) in [4.78, 5) is 0. The van der Waals surface area contributed by atoms with Gasteiger partial charge < -0.3 is 42.6 Å². The second kappa shape index (κ2) is 21.7. The zero-order valence-electron chi connectivity index (χ0n) is 23.9. The first kappa shape index (κ1) is 34.6. The Morgan fingerprint density at radius 2 is 0.514 bits per heavy atom. The molecule has 0 radical (unpaired) electrons. The zero-order chi connectivity index (χ0) is 26.6. The molecule has 0 fully saturated rings. The molecule has 0 saturated heterocycles. The minimum absolute atomic E-state index is 0.00517. The molecular weight excluding hydrogens is 456 g/mol. The first-order valence-corrected chi connectivity index (χ1v) is 12.9. The van der Waals surface area contributed by atoms with E-state index >= 15 is 0 Å². The predicted octanol–water partition coefficient (Wildman–Crippen LogP) is 3.50. The lowest BCUT2D eigenvalue weighted by molar-refractivity contribution is -0.108. The van der Waals surface area contributed by atoms with Crippen molar-refractivity contribution in [3.63, 3.8) is 0 Å². The van der Waals surface area contributed by atoms with Gasteiger partial charge in [0.25, 0.3) is 0 Å². The number of methoxy groups -OCH3 is 2. The van der Waals surface area contributed by atoms with Crippen LogP contribution in [0.3, 0.4) is 0 Å².